The van der Waals surface area contributed by atoms with Gasteiger partial charge in [0.15, 0.2) is 0 Å². The number of hydrogen-bond donors (Lipinski definition) is 2. The van der Waals surface area contributed by atoms with E-state index in [0.29, 0.717) is 11.9 Å². The third-order valence-electron chi connectivity index (χ3n) is 3.30. The summed E-state index contributed by atoms with van der Waals surface area (Å²) in [6.07, 6.45) is 9.71. The molecule has 0 radical (unpaired) electrons. The summed E-state index contributed by atoms with van der Waals surface area (Å²) in [5.41, 5.74) is 0. The van der Waals surface area contributed by atoms with Crippen LogP contribution in [0.3, 0.4) is 0 Å². The smallest absolute Gasteiger partial charge is 0.222 e. The Bertz CT molecular complexity index is 298. The van der Waals surface area contributed by atoms with Crippen LogP contribution in [0.4, 0.5) is 5.95 Å². The van der Waals surface area contributed by atoms with E-state index in [9.17, 15) is 5.11 Å². The minimum absolute atomic E-state index is 0.0997. The minimum Gasteiger partial charge on any atom is -0.394 e. The van der Waals surface area contributed by atoms with Crippen molar-refractivity contribution in [2.45, 2.75) is 38.1 Å². The molecule has 0 aliphatic heterocycles. The SMILES string of the molecule is OCC(Nc1ncccn1)C1CCCCC1. The summed E-state index contributed by atoms with van der Waals surface area (Å²) < 4.78 is 0. The van der Waals surface area contributed by atoms with Crippen molar-refractivity contribution < 1.29 is 5.11 Å². The van der Waals surface area contributed by atoms with Crippen molar-refractivity contribution in [3.8, 4) is 0 Å². The molecule has 0 amide bonds. The van der Waals surface area contributed by atoms with Crippen LogP contribution in [0.1, 0.15) is 32.1 Å². The molecular formula is C12H19N3O. The molecule has 1 atom stereocenters. The minimum atomic E-state index is 0.0997. The summed E-state index contributed by atoms with van der Waals surface area (Å²) >= 11 is 0. The van der Waals surface area contributed by atoms with Crippen LogP contribution in [0.5, 0.6) is 0 Å². The van der Waals surface area contributed by atoms with Gasteiger partial charge in [-0.15, -0.1) is 0 Å². The lowest BCUT2D eigenvalue weighted by Crippen LogP contribution is -2.34. The van der Waals surface area contributed by atoms with Crippen molar-refractivity contribution in [1.29, 1.82) is 0 Å². The monoisotopic (exact) mass is 221 g/mol. The Labute approximate surface area is 96.1 Å². The molecule has 0 saturated heterocycles. The maximum atomic E-state index is 9.42. The van der Waals surface area contributed by atoms with Gasteiger partial charge in [0.2, 0.25) is 5.95 Å². The van der Waals surface area contributed by atoms with E-state index in [2.05, 4.69) is 15.3 Å². The van der Waals surface area contributed by atoms with Gasteiger partial charge in [-0.25, -0.2) is 9.97 Å². The number of aliphatic hydroxyl groups excluding tert-OH is 1. The highest BCUT2D eigenvalue weighted by molar-refractivity contribution is 5.24. The van der Waals surface area contributed by atoms with Crippen LogP contribution in [-0.2, 0) is 0 Å². The van der Waals surface area contributed by atoms with Gasteiger partial charge in [-0.3, -0.25) is 0 Å². The molecule has 2 N–H and O–H groups in total. The van der Waals surface area contributed by atoms with Crippen LogP contribution in [0.15, 0.2) is 18.5 Å². The molecule has 1 unspecified atom stereocenters. The summed E-state index contributed by atoms with van der Waals surface area (Å²) in [5, 5.41) is 12.6. The van der Waals surface area contributed by atoms with Crippen molar-refractivity contribution in [1.82, 2.24) is 9.97 Å². The molecule has 1 aliphatic rings. The molecule has 4 nitrogen and oxygen atoms in total. The Hall–Kier alpha value is -1.16. The van der Waals surface area contributed by atoms with Crippen molar-refractivity contribution in [3.05, 3.63) is 18.5 Å². The lowest BCUT2D eigenvalue weighted by atomic mass is 9.84. The zero-order valence-electron chi connectivity index (χ0n) is 9.47. The Kier molecular flexibility index (Phi) is 4.10. The number of nitrogens with zero attached hydrogens (tertiary/aromatic N) is 2. The van der Waals surface area contributed by atoms with E-state index in [-0.39, 0.29) is 12.6 Å². The molecule has 16 heavy (non-hydrogen) atoms. The van der Waals surface area contributed by atoms with E-state index in [4.69, 9.17) is 0 Å². The third kappa shape index (κ3) is 2.92. The predicted molar refractivity (Wildman–Crippen MR) is 63.1 cm³/mol. The van der Waals surface area contributed by atoms with Gasteiger partial charge in [-0.1, -0.05) is 19.3 Å². The highest BCUT2D eigenvalue weighted by atomic mass is 16.3. The fourth-order valence-electron chi connectivity index (χ4n) is 2.39. The second-order valence-electron chi connectivity index (χ2n) is 4.40. The normalized spacial score (nSPS) is 19.3. The summed E-state index contributed by atoms with van der Waals surface area (Å²) in [7, 11) is 0. The molecular weight excluding hydrogens is 202 g/mol. The summed E-state index contributed by atoms with van der Waals surface area (Å²) in [6, 6.07) is 1.89. The average Bonchev–Trinajstić information content (AvgIpc) is 2.38. The molecule has 0 spiro atoms. The van der Waals surface area contributed by atoms with Gasteiger partial charge < -0.3 is 10.4 Å². The molecule has 0 bridgehead atoms. The predicted octanol–water partition coefficient (Wildman–Crippen LogP) is 1.83. The van der Waals surface area contributed by atoms with Gasteiger partial charge in [0.05, 0.1) is 12.6 Å². The Balaban J connectivity index is 1.94. The number of aromatic nitrogens is 2. The number of hydrogen-bond acceptors (Lipinski definition) is 4. The zero-order valence-corrected chi connectivity index (χ0v) is 9.47. The molecule has 1 aromatic rings. The summed E-state index contributed by atoms with van der Waals surface area (Å²) in [4.78, 5) is 8.26. The van der Waals surface area contributed by atoms with Gasteiger partial charge in [0.25, 0.3) is 0 Å². The van der Waals surface area contributed by atoms with E-state index >= 15 is 0 Å². The quantitative estimate of drug-likeness (QED) is 0.814. The second-order valence-corrected chi connectivity index (χ2v) is 4.40. The highest BCUT2D eigenvalue weighted by Gasteiger charge is 2.23. The van der Waals surface area contributed by atoms with E-state index in [1.165, 1.54) is 32.1 Å². The zero-order chi connectivity index (χ0) is 11.2. The Morgan fingerprint density at radius 1 is 1.25 bits per heavy atom. The standard InChI is InChI=1S/C12H19N3O/c16-9-11(10-5-2-1-3-6-10)15-12-13-7-4-8-14-12/h4,7-8,10-11,16H,1-3,5-6,9H2,(H,13,14,15). The van der Waals surface area contributed by atoms with Gasteiger partial charge >= 0.3 is 0 Å². The van der Waals surface area contributed by atoms with E-state index < -0.39 is 0 Å². The largest absolute Gasteiger partial charge is 0.394 e. The fourth-order valence-corrected chi connectivity index (χ4v) is 2.39. The number of aliphatic hydroxyl groups is 1. The first kappa shape index (κ1) is 11.3. The molecule has 1 fully saturated rings. The number of nitrogens with one attached hydrogen (secondary N) is 1. The lowest BCUT2D eigenvalue weighted by Gasteiger charge is -2.29. The van der Waals surface area contributed by atoms with Crippen LogP contribution < -0.4 is 5.32 Å². The van der Waals surface area contributed by atoms with Crippen LogP contribution >= 0.6 is 0 Å². The molecule has 1 aromatic heterocycles. The van der Waals surface area contributed by atoms with Crippen molar-refractivity contribution in [2.75, 3.05) is 11.9 Å². The van der Waals surface area contributed by atoms with Gasteiger partial charge in [0, 0.05) is 12.4 Å². The molecule has 1 saturated carbocycles. The first-order valence-corrected chi connectivity index (χ1v) is 6.04. The highest BCUT2D eigenvalue weighted by Crippen LogP contribution is 2.27. The topological polar surface area (TPSA) is 58.0 Å². The van der Waals surface area contributed by atoms with Crippen molar-refractivity contribution >= 4 is 5.95 Å². The Morgan fingerprint density at radius 3 is 2.56 bits per heavy atom. The van der Waals surface area contributed by atoms with E-state index in [0.717, 1.165) is 0 Å². The van der Waals surface area contributed by atoms with Crippen LogP contribution in [-0.4, -0.2) is 27.7 Å². The molecule has 4 heteroatoms. The molecule has 88 valence electrons. The summed E-state index contributed by atoms with van der Waals surface area (Å²) in [5.74, 6) is 1.18. The fraction of sp³-hybridized carbons (Fsp3) is 0.667. The van der Waals surface area contributed by atoms with Crippen LogP contribution in [0.2, 0.25) is 0 Å². The van der Waals surface area contributed by atoms with Gasteiger partial charge in [-0.05, 0) is 24.8 Å². The summed E-state index contributed by atoms with van der Waals surface area (Å²) in [6.45, 7) is 0.156. The lowest BCUT2D eigenvalue weighted by molar-refractivity contribution is 0.209. The molecule has 1 heterocycles. The van der Waals surface area contributed by atoms with Crippen LogP contribution in [0.25, 0.3) is 0 Å². The van der Waals surface area contributed by atoms with Crippen LogP contribution in [0, 0.1) is 5.92 Å². The van der Waals surface area contributed by atoms with Gasteiger partial charge in [0.1, 0.15) is 0 Å². The molecule has 1 aliphatic carbocycles. The maximum Gasteiger partial charge on any atom is 0.222 e. The van der Waals surface area contributed by atoms with Gasteiger partial charge in [-0.2, -0.15) is 0 Å². The van der Waals surface area contributed by atoms with Crippen molar-refractivity contribution in [2.24, 2.45) is 5.92 Å². The molecule has 0 aromatic carbocycles. The number of anilines is 1. The first-order chi connectivity index (χ1) is 7.90. The Morgan fingerprint density at radius 2 is 1.94 bits per heavy atom. The van der Waals surface area contributed by atoms with E-state index in [1.807, 2.05) is 0 Å². The van der Waals surface area contributed by atoms with E-state index in [1.54, 1.807) is 18.5 Å². The van der Waals surface area contributed by atoms with Crippen molar-refractivity contribution in [3.63, 3.8) is 0 Å². The third-order valence-corrected chi connectivity index (χ3v) is 3.30. The maximum absolute atomic E-state index is 9.42. The number of rotatable bonds is 4. The second kappa shape index (κ2) is 5.80. The molecule has 2 rings (SSSR count). The first-order valence-electron chi connectivity index (χ1n) is 6.04. The average molecular weight is 221 g/mol.